The number of anilines is 1. The van der Waals surface area contributed by atoms with Gasteiger partial charge in [0.25, 0.3) is 0 Å². The Bertz CT molecular complexity index is 413. The zero-order chi connectivity index (χ0) is 15.8. The molecular formula is C16H26F2N2O. The highest BCUT2D eigenvalue weighted by atomic mass is 19.1. The lowest BCUT2D eigenvalue weighted by molar-refractivity contribution is 0.199. The van der Waals surface area contributed by atoms with E-state index in [2.05, 4.69) is 5.32 Å². The van der Waals surface area contributed by atoms with Crippen LogP contribution >= 0.6 is 0 Å². The molecule has 0 spiro atoms. The summed E-state index contributed by atoms with van der Waals surface area (Å²) < 4.78 is 33.4. The Hall–Kier alpha value is -1.20. The standard InChI is InChI=1S/C16H26F2N2O/c1-5-13(6-2)20(3)16-14(17)9-12(10-15(16)18)11-19-7-8-21-4/h9-10,13,19H,5-8,11H2,1-4H3. The molecule has 0 aliphatic carbocycles. The van der Waals surface area contributed by atoms with Gasteiger partial charge in [-0.25, -0.2) is 8.78 Å². The van der Waals surface area contributed by atoms with E-state index in [-0.39, 0.29) is 11.7 Å². The Balaban J connectivity index is 2.84. The third-order valence-electron chi connectivity index (χ3n) is 3.73. The van der Waals surface area contributed by atoms with Crippen molar-refractivity contribution in [3.8, 4) is 0 Å². The second-order valence-electron chi connectivity index (χ2n) is 5.16. The third-order valence-corrected chi connectivity index (χ3v) is 3.73. The molecule has 1 rings (SSSR count). The van der Waals surface area contributed by atoms with Crippen LogP contribution in [0.5, 0.6) is 0 Å². The number of methoxy groups -OCH3 is 1. The quantitative estimate of drug-likeness (QED) is 0.708. The van der Waals surface area contributed by atoms with Gasteiger partial charge in [0.1, 0.15) is 17.3 Å². The maximum absolute atomic E-state index is 14.2. The molecule has 0 heterocycles. The van der Waals surface area contributed by atoms with Gasteiger partial charge in [-0.05, 0) is 30.5 Å². The highest BCUT2D eigenvalue weighted by Crippen LogP contribution is 2.27. The van der Waals surface area contributed by atoms with Crippen molar-refractivity contribution >= 4 is 5.69 Å². The van der Waals surface area contributed by atoms with Gasteiger partial charge in [0.05, 0.1) is 6.61 Å². The third kappa shape index (κ3) is 4.93. The molecule has 0 fully saturated rings. The molecule has 120 valence electrons. The number of hydrogen-bond acceptors (Lipinski definition) is 3. The van der Waals surface area contributed by atoms with Gasteiger partial charge in [0.15, 0.2) is 0 Å². The highest BCUT2D eigenvalue weighted by molar-refractivity contribution is 5.51. The Morgan fingerprint density at radius 1 is 1.19 bits per heavy atom. The molecule has 1 aromatic carbocycles. The zero-order valence-electron chi connectivity index (χ0n) is 13.4. The molecule has 5 heteroatoms. The maximum Gasteiger partial charge on any atom is 0.149 e. The van der Waals surface area contributed by atoms with E-state index in [0.717, 1.165) is 12.8 Å². The Labute approximate surface area is 126 Å². The van der Waals surface area contributed by atoms with Gasteiger partial charge in [-0.1, -0.05) is 13.8 Å². The fraction of sp³-hybridized carbons (Fsp3) is 0.625. The summed E-state index contributed by atoms with van der Waals surface area (Å²) in [4.78, 5) is 1.70. The molecule has 0 aromatic heterocycles. The van der Waals surface area contributed by atoms with Crippen molar-refractivity contribution in [1.82, 2.24) is 5.32 Å². The van der Waals surface area contributed by atoms with Crippen molar-refractivity contribution in [1.29, 1.82) is 0 Å². The van der Waals surface area contributed by atoms with E-state index in [1.165, 1.54) is 12.1 Å². The Kier molecular flexibility index (Phi) is 7.61. The molecule has 0 amide bonds. The van der Waals surface area contributed by atoms with Crippen LogP contribution in [0.3, 0.4) is 0 Å². The van der Waals surface area contributed by atoms with Gasteiger partial charge < -0.3 is 15.0 Å². The number of rotatable bonds is 9. The van der Waals surface area contributed by atoms with E-state index >= 15 is 0 Å². The number of hydrogen-bond donors (Lipinski definition) is 1. The van der Waals surface area contributed by atoms with Crippen molar-refractivity contribution in [2.45, 2.75) is 39.3 Å². The van der Waals surface area contributed by atoms with Crippen LogP contribution in [-0.4, -0.2) is 33.4 Å². The van der Waals surface area contributed by atoms with E-state index < -0.39 is 11.6 Å². The van der Waals surface area contributed by atoms with Crippen LogP contribution in [0, 0.1) is 11.6 Å². The molecule has 1 aromatic rings. The number of ether oxygens (including phenoxy) is 1. The Morgan fingerprint density at radius 3 is 2.24 bits per heavy atom. The molecular weight excluding hydrogens is 274 g/mol. The lowest BCUT2D eigenvalue weighted by Gasteiger charge is -2.29. The van der Waals surface area contributed by atoms with Gasteiger partial charge in [0.2, 0.25) is 0 Å². The molecule has 0 saturated heterocycles. The summed E-state index contributed by atoms with van der Waals surface area (Å²) in [5.74, 6) is -1.01. The second kappa shape index (κ2) is 8.95. The molecule has 0 aliphatic rings. The number of nitrogens with zero attached hydrogens (tertiary/aromatic N) is 1. The number of benzene rings is 1. The first-order valence-corrected chi connectivity index (χ1v) is 7.45. The Morgan fingerprint density at radius 2 is 1.76 bits per heavy atom. The number of halogens is 2. The van der Waals surface area contributed by atoms with Crippen molar-refractivity contribution in [3.63, 3.8) is 0 Å². The van der Waals surface area contributed by atoms with E-state index in [4.69, 9.17) is 4.74 Å². The summed E-state index contributed by atoms with van der Waals surface area (Å²) in [6.45, 7) is 5.69. The van der Waals surface area contributed by atoms with E-state index in [0.29, 0.717) is 25.3 Å². The van der Waals surface area contributed by atoms with Gasteiger partial charge >= 0.3 is 0 Å². The predicted octanol–water partition coefficient (Wildman–Crippen LogP) is 3.33. The smallest absolute Gasteiger partial charge is 0.149 e. The summed E-state index contributed by atoms with van der Waals surface area (Å²) in [7, 11) is 3.36. The van der Waals surface area contributed by atoms with Gasteiger partial charge in [-0.3, -0.25) is 0 Å². The molecule has 0 radical (unpaired) electrons. The van der Waals surface area contributed by atoms with Crippen molar-refractivity contribution in [2.75, 3.05) is 32.2 Å². The van der Waals surface area contributed by atoms with Crippen LogP contribution in [0.4, 0.5) is 14.5 Å². The van der Waals surface area contributed by atoms with Crippen LogP contribution in [0.25, 0.3) is 0 Å². The molecule has 0 unspecified atom stereocenters. The highest BCUT2D eigenvalue weighted by Gasteiger charge is 2.19. The molecule has 1 N–H and O–H groups in total. The molecule has 3 nitrogen and oxygen atoms in total. The summed E-state index contributed by atoms with van der Waals surface area (Å²) in [5, 5.41) is 3.08. The monoisotopic (exact) mass is 300 g/mol. The van der Waals surface area contributed by atoms with Gasteiger partial charge in [-0.2, -0.15) is 0 Å². The summed E-state index contributed by atoms with van der Waals surface area (Å²) in [6, 6.07) is 2.94. The molecule has 0 bridgehead atoms. The average molecular weight is 300 g/mol. The molecule has 0 aliphatic heterocycles. The summed E-state index contributed by atoms with van der Waals surface area (Å²) >= 11 is 0. The first kappa shape index (κ1) is 17.9. The van der Waals surface area contributed by atoms with Crippen LogP contribution in [0.15, 0.2) is 12.1 Å². The average Bonchev–Trinajstić information content (AvgIpc) is 2.44. The molecule has 0 atom stereocenters. The molecule has 0 saturated carbocycles. The van der Waals surface area contributed by atoms with Crippen LogP contribution < -0.4 is 10.2 Å². The van der Waals surface area contributed by atoms with Gasteiger partial charge in [-0.15, -0.1) is 0 Å². The first-order chi connectivity index (χ1) is 10.0. The van der Waals surface area contributed by atoms with Crippen LogP contribution in [0.1, 0.15) is 32.3 Å². The van der Waals surface area contributed by atoms with Crippen molar-refractivity contribution in [2.24, 2.45) is 0 Å². The predicted molar refractivity (Wildman–Crippen MR) is 82.7 cm³/mol. The summed E-state index contributed by atoms with van der Waals surface area (Å²) in [6.07, 6.45) is 1.71. The minimum absolute atomic E-state index is 0.0596. The second-order valence-corrected chi connectivity index (χ2v) is 5.16. The van der Waals surface area contributed by atoms with Crippen molar-refractivity contribution in [3.05, 3.63) is 29.3 Å². The lowest BCUT2D eigenvalue weighted by atomic mass is 10.1. The van der Waals surface area contributed by atoms with E-state index in [1.807, 2.05) is 13.8 Å². The van der Waals surface area contributed by atoms with Crippen molar-refractivity contribution < 1.29 is 13.5 Å². The SMILES string of the molecule is CCC(CC)N(C)c1c(F)cc(CNCCOC)cc1F. The van der Waals surface area contributed by atoms with Gasteiger partial charge in [0, 0.05) is 33.3 Å². The summed E-state index contributed by atoms with van der Waals surface area (Å²) in [5.41, 5.74) is 0.659. The largest absolute Gasteiger partial charge is 0.383 e. The fourth-order valence-electron chi connectivity index (χ4n) is 2.48. The van der Waals surface area contributed by atoms with Crippen LogP contribution in [0.2, 0.25) is 0 Å². The van der Waals surface area contributed by atoms with E-state index in [1.54, 1.807) is 19.1 Å². The maximum atomic E-state index is 14.2. The lowest BCUT2D eigenvalue weighted by Crippen LogP contribution is -2.32. The molecule has 21 heavy (non-hydrogen) atoms. The minimum atomic E-state index is -0.507. The number of nitrogens with one attached hydrogen (secondary N) is 1. The zero-order valence-corrected chi connectivity index (χ0v) is 13.4. The first-order valence-electron chi connectivity index (χ1n) is 7.45. The van der Waals surface area contributed by atoms with E-state index in [9.17, 15) is 8.78 Å². The topological polar surface area (TPSA) is 24.5 Å². The normalized spacial score (nSPS) is 11.2. The van der Waals surface area contributed by atoms with Crippen LogP contribution in [-0.2, 0) is 11.3 Å². The fourth-order valence-corrected chi connectivity index (χ4v) is 2.48. The minimum Gasteiger partial charge on any atom is -0.383 e.